The summed E-state index contributed by atoms with van der Waals surface area (Å²) in [6, 6.07) is 2.09. The van der Waals surface area contributed by atoms with Crippen molar-refractivity contribution in [3.05, 3.63) is 0 Å². The molecule has 0 radical (unpaired) electrons. The van der Waals surface area contributed by atoms with E-state index in [0.717, 1.165) is 24.4 Å². The van der Waals surface area contributed by atoms with E-state index >= 15 is 0 Å². The molecule has 1 N–H and O–H groups in total. The van der Waals surface area contributed by atoms with Crippen molar-refractivity contribution in [1.29, 1.82) is 0 Å². The Morgan fingerprint density at radius 1 is 1.25 bits per heavy atom. The lowest BCUT2D eigenvalue weighted by atomic mass is 9.90. The quantitative estimate of drug-likeness (QED) is 0.839. The average Bonchev–Trinajstić information content (AvgIpc) is 2.94. The Morgan fingerprint density at radius 2 is 2.00 bits per heavy atom. The maximum absolute atomic E-state index is 5.58. The monoisotopic (exact) mass is 282 g/mol. The summed E-state index contributed by atoms with van der Waals surface area (Å²) in [5.41, 5.74) is 0. The van der Waals surface area contributed by atoms with Gasteiger partial charge in [0.1, 0.15) is 0 Å². The molecule has 2 fully saturated rings. The smallest absolute Gasteiger partial charge is 0.0586 e. The Hall–Kier alpha value is -0.120. The highest BCUT2D eigenvalue weighted by Crippen LogP contribution is 2.31. The van der Waals surface area contributed by atoms with Crippen LogP contribution in [0.15, 0.2) is 0 Å². The van der Waals surface area contributed by atoms with Gasteiger partial charge >= 0.3 is 0 Å². The van der Waals surface area contributed by atoms with Crippen molar-refractivity contribution >= 4 is 0 Å². The highest BCUT2D eigenvalue weighted by molar-refractivity contribution is 4.95. The molecule has 1 saturated heterocycles. The predicted octanol–water partition coefficient (Wildman–Crippen LogP) is 2.90. The van der Waals surface area contributed by atoms with Crippen LogP contribution >= 0.6 is 0 Å². The number of hydrogen-bond acceptors (Lipinski definition) is 3. The molecule has 0 spiro atoms. The number of ether oxygens (including phenoxy) is 1. The second kappa shape index (κ2) is 7.24. The van der Waals surface area contributed by atoms with Gasteiger partial charge in [0, 0.05) is 38.3 Å². The van der Waals surface area contributed by atoms with E-state index in [1.165, 1.54) is 32.2 Å². The number of rotatable bonds is 5. The Bertz CT molecular complexity index is 295. The van der Waals surface area contributed by atoms with Crippen LogP contribution in [-0.4, -0.2) is 49.3 Å². The molecule has 3 heteroatoms. The summed E-state index contributed by atoms with van der Waals surface area (Å²) in [6.07, 6.45) is 5.54. The first-order valence-corrected chi connectivity index (χ1v) is 8.58. The highest BCUT2D eigenvalue weighted by atomic mass is 16.5. The molecule has 1 heterocycles. The van der Waals surface area contributed by atoms with Crippen molar-refractivity contribution in [2.45, 2.75) is 77.6 Å². The van der Waals surface area contributed by atoms with Crippen molar-refractivity contribution in [3.8, 4) is 0 Å². The molecule has 5 unspecified atom stereocenters. The SMILES string of the molecule is CCC(C)C1CN(C2CCC(OC)C2)C(C(C)C)CN1. The lowest BCUT2D eigenvalue weighted by Gasteiger charge is -2.47. The van der Waals surface area contributed by atoms with E-state index in [9.17, 15) is 0 Å². The normalized spacial score (nSPS) is 37.5. The summed E-state index contributed by atoms with van der Waals surface area (Å²) < 4.78 is 5.58. The van der Waals surface area contributed by atoms with Gasteiger partial charge in [-0.15, -0.1) is 0 Å². The molecular weight excluding hydrogens is 248 g/mol. The third-order valence-corrected chi connectivity index (χ3v) is 5.68. The molecule has 2 aliphatic rings. The van der Waals surface area contributed by atoms with Gasteiger partial charge < -0.3 is 10.1 Å². The zero-order chi connectivity index (χ0) is 14.7. The number of nitrogens with one attached hydrogen (secondary N) is 1. The molecule has 0 amide bonds. The van der Waals surface area contributed by atoms with Gasteiger partial charge in [-0.3, -0.25) is 4.90 Å². The third-order valence-electron chi connectivity index (χ3n) is 5.68. The van der Waals surface area contributed by atoms with E-state index in [4.69, 9.17) is 4.74 Å². The predicted molar refractivity (Wildman–Crippen MR) is 85.0 cm³/mol. The first-order chi connectivity index (χ1) is 9.56. The van der Waals surface area contributed by atoms with Crippen molar-refractivity contribution < 1.29 is 4.74 Å². The molecule has 20 heavy (non-hydrogen) atoms. The lowest BCUT2D eigenvalue weighted by molar-refractivity contribution is 0.0347. The lowest BCUT2D eigenvalue weighted by Crippen LogP contribution is -2.62. The fraction of sp³-hybridized carbons (Fsp3) is 1.00. The second-order valence-corrected chi connectivity index (χ2v) is 7.23. The minimum Gasteiger partial charge on any atom is -0.381 e. The van der Waals surface area contributed by atoms with E-state index in [-0.39, 0.29) is 0 Å². The van der Waals surface area contributed by atoms with Gasteiger partial charge in [-0.25, -0.2) is 0 Å². The summed E-state index contributed by atoms with van der Waals surface area (Å²) in [7, 11) is 1.87. The van der Waals surface area contributed by atoms with Crippen LogP contribution in [0.25, 0.3) is 0 Å². The first-order valence-electron chi connectivity index (χ1n) is 8.58. The maximum Gasteiger partial charge on any atom is 0.0586 e. The van der Waals surface area contributed by atoms with E-state index in [1.807, 2.05) is 7.11 Å². The number of hydrogen-bond donors (Lipinski definition) is 1. The summed E-state index contributed by atoms with van der Waals surface area (Å²) in [6.45, 7) is 11.8. The average molecular weight is 282 g/mol. The number of piperazine rings is 1. The minimum atomic E-state index is 0.491. The molecule has 1 aliphatic heterocycles. The van der Waals surface area contributed by atoms with E-state index < -0.39 is 0 Å². The van der Waals surface area contributed by atoms with Gasteiger partial charge in [-0.05, 0) is 31.1 Å². The van der Waals surface area contributed by atoms with Gasteiger partial charge in [-0.2, -0.15) is 0 Å². The van der Waals surface area contributed by atoms with Crippen LogP contribution < -0.4 is 5.32 Å². The zero-order valence-electron chi connectivity index (χ0n) is 14.1. The third kappa shape index (κ3) is 3.55. The molecule has 0 aromatic heterocycles. The van der Waals surface area contributed by atoms with Gasteiger partial charge in [0.2, 0.25) is 0 Å². The molecule has 0 aromatic carbocycles. The second-order valence-electron chi connectivity index (χ2n) is 7.23. The Kier molecular flexibility index (Phi) is 5.88. The molecule has 1 aliphatic carbocycles. The van der Waals surface area contributed by atoms with E-state index in [0.29, 0.717) is 18.2 Å². The Morgan fingerprint density at radius 3 is 2.55 bits per heavy atom. The molecule has 118 valence electrons. The maximum atomic E-state index is 5.58. The standard InChI is InChI=1S/C17H34N2O/c1-6-13(4)16-11-19(17(10-18-16)12(2)3)14-7-8-15(9-14)20-5/h12-18H,6-11H2,1-5H3. The summed E-state index contributed by atoms with van der Waals surface area (Å²) in [4.78, 5) is 2.82. The Balaban J connectivity index is 2.03. The fourth-order valence-corrected chi connectivity index (χ4v) is 3.95. The zero-order valence-corrected chi connectivity index (χ0v) is 14.1. The van der Waals surface area contributed by atoms with Crippen molar-refractivity contribution in [3.63, 3.8) is 0 Å². The van der Waals surface area contributed by atoms with Crippen molar-refractivity contribution in [2.75, 3.05) is 20.2 Å². The molecule has 3 nitrogen and oxygen atoms in total. The number of methoxy groups -OCH3 is 1. The summed E-state index contributed by atoms with van der Waals surface area (Å²) in [5.74, 6) is 1.49. The summed E-state index contributed by atoms with van der Waals surface area (Å²) >= 11 is 0. The van der Waals surface area contributed by atoms with Gasteiger partial charge in [0.05, 0.1) is 6.10 Å². The van der Waals surface area contributed by atoms with Crippen LogP contribution in [0.3, 0.4) is 0 Å². The molecule has 0 bridgehead atoms. The summed E-state index contributed by atoms with van der Waals surface area (Å²) in [5, 5.41) is 3.81. The van der Waals surface area contributed by atoms with Crippen molar-refractivity contribution in [1.82, 2.24) is 10.2 Å². The van der Waals surface area contributed by atoms with Crippen LogP contribution in [0.5, 0.6) is 0 Å². The molecule has 5 atom stereocenters. The van der Waals surface area contributed by atoms with Crippen LogP contribution in [-0.2, 0) is 4.74 Å². The first kappa shape index (κ1) is 16.3. The molecular formula is C17H34N2O. The molecule has 0 aromatic rings. The number of nitrogens with zero attached hydrogens (tertiary/aromatic N) is 1. The van der Waals surface area contributed by atoms with E-state index in [2.05, 4.69) is 37.9 Å². The highest BCUT2D eigenvalue weighted by Gasteiger charge is 2.38. The largest absolute Gasteiger partial charge is 0.381 e. The molecule has 2 rings (SSSR count). The van der Waals surface area contributed by atoms with Gasteiger partial charge in [-0.1, -0.05) is 34.1 Å². The van der Waals surface area contributed by atoms with E-state index in [1.54, 1.807) is 0 Å². The van der Waals surface area contributed by atoms with Crippen LogP contribution in [0.1, 0.15) is 53.4 Å². The van der Waals surface area contributed by atoms with Gasteiger partial charge in [0.25, 0.3) is 0 Å². The van der Waals surface area contributed by atoms with Crippen LogP contribution in [0.4, 0.5) is 0 Å². The topological polar surface area (TPSA) is 24.5 Å². The van der Waals surface area contributed by atoms with Gasteiger partial charge in [0.15, 0.2) is 0 Å². The van der Waals surface area contributed by atoms with Crippen LogP contribution in [0.2, 0.25) is 0 Å². The Labute approximate surface area is 125 Å². The molecule has 1 saturated carbocycles. The van der Waals surface area contributed by atoms with Crippen LogP contribution in [0, 0.1) is 11.8 Å². The van der Waals surface area contributed by atoms with Crippen molar-refractivity contribution in [2.24, 2.45) is 11.8 Å². The minimum absolute atomic E-state index is 0.491. The fourth-order valence-electron chi connectivity index (χ4n) is 3.95.